The fraction of sp³-hybridized carbons (Fsp3) is 0.409. The average Bonchev–Trinajstić information content (AvgIpc) is 2.76. The average molecular weight is 421 g/mol. The maximum Gasteiger partial charge on any atom is 0.269 e. The van der Waals surface area contributed by atoms with Crippen molar-refractivity contribution in [2.45, 2.75) is 32.7 Å². The lowest BCUT2D eigenvalue weighted by Gasteiger charge is -2.37. The van der Waals surface area contributed by atoms with Crippen molar-refractivity contribution >= 4 is 23.8 Å². The Labute approximate surface area is 182 Å². The molecule has 4 rings (SSSR count). The van der Waals surface area contributed by atoms with Crippen molar-refractivity contribution in [1.82, 2.24) is 25.4 Å². The Hall–Kier alpha value is -3.49. The molecule has 1 aliphatic heterocycles. The lowest BCUT2D eigenvalue weighted by molar-refractivity contribution is 0.0962. The zero-order valence-electron chi connectivity index (χ0n) is 18.0. The number of carbonyl (C=O) groups excluding carboxylic acids is 1. The number of hydrazine groups is 1. The van der Waals surface area contributed by atoms with Gasteiger partial charge in [0.1, 0.15) is 0 Å². The molecule has 162 valence electrons. The molecule has 9 nitrogen and oxygen atoms in total. The van der Waals surface area contributed by atoms with E-state index in [0.717, 1.165) is 19.5 Å². The van der Waals surface area contributed by atoms with Gasteiger partial charge in [-0.25, -0.2) is 0 Å². The van der Waals surface area contributed by atoms with Crippen LogP contribution in [0.15, 0.2) is 48.8 Å². The fourth-order valence-electron chi connectivity index (χ4n) is 3.68. The monoisotopic (exact) mass is 420 g/mol. The molecule has 9 heteroatoms. The number of pyridine rings is 1. The molecule has 2 atom stereocenters. The number of fused-ring (bicyclic) bond motifs is 1. The number of anilines is 3. The Morgan fingerprint density at radius 1 is 1.03 bits per heavy atom. The van der Waals surface area contributed by atoms with E-state index in [-0.39, 0.29) is 17.4 Å². The van der Waals surface area contributed by atoms with Crippen molar-refractivity contribution in [3.05, 3.63) is 54.4 Å². The van der Waals surface area contributed by atoms with Gasteiger partial charge in [0.05, 0.1) is 0 Å². The molecule has 0 bridgehead atoms. The standard InChI is InChI=1S/C22H28N8O/c1-22(2,3)27-19-24-20(29-28-18(31)16-8-11-23-12-9-16)26-21(25-19)30-13-10-15-6-4-5-7-17(15)14-30/h4-9,11-12,15,17H,10,13-14H2,1-3H3,(H,28,31)(H2,24,25,26,27,29). The van der Waals surface area contributed by atoms with E-state index in [1.165, 1.54) is 0 Å². The third kappa shape index (κ3) is 5.36. The summed E-state index contributed by atoms with van der Waals surface area (Å²) in [4.78, 5) is 32.1. The molecule has 2 aromatic rings. The van der Waals surface area contributed by atoms with Crippen LogP contribution in [0.1, 0.15) is 37.6 Å². The van der Waals surface area contributed by atoms with Crippen molar-refractivity contribution in [2.75, 3.05) is 28.7 Å². The Kier molecular flexibility index (Phi) is 5.83. The molecule has 0 radical (unpaired) electrons. The van der Waals surface area contributed by atoms with Crippen LogP contribution in [0.25, 0.3) is 0 Å². The van der Waals surface area contributed by atoms with Gasteiger partial charge in [-0.3, -0.25) is 20.6 Å². The van der Waals surface area contributed by atoms with Gasteiger partial charge in [-0.05, 0) is 45.2 Å². The number of allylic oxidation sites excluding steroid dienone is 3. The lowest BCUT2D eigenvalue weighted by atomic mass is 9.83. The molecular weight excluding hydrogens is 392 g/mol. The number of amides is 1. The molecule has 3 heterocycles. The van der Waals surface area contributed by atoms with Gasteiger partial charge in [0.15, 0.2) is 0 Å². The van der Waals surface area contributed by atoms with Crippen molar-refractivity contribution in [3.63, 3.8) is 0 Å². The fourth-order valence-corrected chi connectivity index (χ4v) is 3.68. The van der Waals surface area contributed by atoms with Gasteiger partial charge in [-0.2, -0.15) is 15.0 Å². The van der Waals surface area contributed by atoms with Gasteiger partial charge in [-0.1, -0.05) is 24.3 Å². The first-order chi connectivity index (χ1) is 14.9. The summed E-state index contributed by atoms with van der Waals surface area (Å²) in [7, 11) is 0. The number of nitrogens with one attached hydrogen (secondary N) is 3. The maximum atomic E-state index is 12.4. The number of rotatable bonds is 5. The number of aromatic nitrogens is 4. The van der Waals surface area contributed by atoms with Crippen LogP contribution in [-0.4, -0.2) is 44.5 Å². The minimum atomic E-state index is -0.297. The minimum absolute atomic E-state index is 0.222. The number of piperidine rings is 1. The van der Waals surface area contributed by atoms with Crippen LogP contribution >= 0.6 is 0 Å². The van der Waals surface area contributed by atoms with Crippen LogP contribution in [0.5, 0.6) is 0 Å². The first-order valence-corrected chi connectivity index (χ1v) is 10.5. The zero-order valence-corrected chi connectivity index (χ0v) is 18.0. The predicted octanol–water partition coefficient (Wildman–Crippen LogP) is 2.80. The van der Waals surface area contributed by atoms with E-state index in [4.69, 9.17) is 0 Å². The van der Waals surface area contributed by atoms with E-state index in [2.05, 4.69) is 65.3 Å². The van der Waals surface area contributed by atoms with Crippen molar-refractivity contribution in [2.24, 2.45) is 11.8 Å². The first kappa shape index (κ1) is 20.8. The molecule has 0 aromatic carbocycles. The summed E-state index contributed by atoms with van der Waals surface area (Å²) in [5.74, 6) is 2.03. The second-order valence-electron chi connectivity index (χ2n) is 8.80. The van der Waals surface area contributed by atoms with Crippen LogP contribution in [0.4, 0.5) is 17.8 Å². The van der Waals surface area contributed by atoms with Crippen LogP contribution in [0, 0.1) is 11.8 Å². The Bertz CT molecular complexity index is 983. The smallest absolute Gasteiger partial charge is 0.269 e. The quantitative estimate of drug-likeness (QED) is 0.634. The van der Waals surface area contributed by atoms with E-state index in [0.29, 0.717) is 29.3 Å². The van der Waals surface area contributed by atoms with Gasteiger partial charge in [0.2, 0.25) is 17.8 Å². The molecule has 3 N–H and O–H groups in total. The summed E-state index contributed by atoms with van der Waals surface area (Å²) in [6.45, 7) is 7.83. The molecule has 2 aliphatic rings. The second-order valence-corrected chi connectivity index (χ2v) is 8.80. The Morgan fingerprint density at radius 2 is 1.74 bits per heavy atom. The van der Waals surface area contributed by atoms with Crippen LogP contribution in [0.2, 0.25) is 0 Å². The van der Waals surface area contributed by atoms with Crippen LogP contribution in [0.3, 0.4) is 0 Å². The van der Waals surface area contributed by atoms with Crippen molar-refractivity contribution in [1.29, 1.82) is 0 Å². The number of hydrogen-bond donors (Lipinski definition) is 3. The Morgan fingerprint density at radius 3 is 2.48 bits per heavy atom. The van der Waals surface area contributed by atoms with Crippen molar-refractivity contribution in [3.8, 4) is 0 Å². The zero-order chi connectivity index (χ0) is 21.8. The Balaban J connectivity index is 1.53. The summed E-state index contributed by atoms with van der Waals surface area (Å²) in [5, 5.41) is 3.30. The summed E-state index contributed by atoms with van der Waals surface area (Å²) in [6, 6.07) is 3.28. The highest BCUT2D eigenvalue weighted by molar-refractivity contribution is 5.94. The minimum Gasteiger partial charge on any atom is -0.349 e. The third-order valence-electron chi connectivity index (χ3n) is 5.16. The highest BCUT2D eigenvalue weighted by Crippen LogP contribution is 2.30. The second kappa shape index (κ2) is 8.71. The molecule has 0 spiro atoms. The third-order valence-corrected chi connectivity index (χ3v) is 5.16. The highest BCUT2D eigenvalue weighted by atomic mass is 16.2. The molecule has 31 heavy (non-hydrogen) atoms. The van der Waals surface area contributed by atoms with E-state index in [1.807, 2.05) is 20.8 Å². The van der Waals surface area contributed by atoms with E-state index >= 15 is 0 Å². The lowest BCUT2D eigenvalue weighted by Crippen LogP contribution is -2.41. The van der Waals surface area contributed by atoms with Gasteiger partial charge in [0.25, 0.3) is 5.91 Å². The van der Waals surface area contributed by atoms with Gasteiger partial charge in [-0.15, -0.1) is 0 Å². The maximum absolute atomic E-state index is 12.4. The molecule has 1 amide bonds. The number of nitrogens with zero attached hydrogens (tertiary/aromatic N) is 5. The topological polar surface area (TPSA) is 108 Å². The molecular formula is C22H28N8O. The first-order valence-electron chi connectivity index (χ1n) is 10.5. The van der Waals surface area contributed by atoms with Gasteiger partial charge >= 0.3 is 0 Å². The summed E-state index contributed by atoms with van der Waals surface area (Å²) in [5.41, 5.74) is 5.74. The van der Waals surface area contributed by atoms with Crippen LogP contribution in [-0.2, 0) is 0 Å². The van der Waals surface area contributed by atoms with E-state index < -0.39 is 0 Å². The van der Waals surface area contributed by atoms with E-state index in [1.54, 1.807) is 24.5 Å². The van der Waals surface area contributed by atoms with E-state index in [9.17, 15) is 4.79 Å². The van der Waals surface area contributed by atoms with Crippen molar-refractivity contribution < 1.29 is 4.79 Å². The summed E-state index contributed by atoms with van der Waals surface area (Å²) >= 11 is 0. The molecule has 1 fully saturated rings. The number of hydrogen-bond acceptors (Lipinski definition) is 8. The van der Waals surface area contributed by atoms with Gasteiger partial charge < -0.3 is 10.2 Å². The largest absolute Gasteiger partial charge is 0.349 e. The molecule has 2 unspecified atom stereocenters. The molecule has 0 saturated carbocycles. The number of carbonyl (C=O) groups is 1. The molecule has 2 aromatic heterocycles. The summed E-state index contributed by atoms with van der Waals surface area (Å²) < 4.78 is 0. The SMILES string of the molecule is CC(C)(C)Nc1nc(NNC(=O)c2ccncc2)nc(N2CCC3C=CC=CC3C2)n1. The molecule has 1 aliphatic carbocycles. The van der Waals surface area contributed by atoms with Crippen LogP contribution < -0.4 is 21.1 Å². The molecule has 1 saturated heterocycles. The van der Waals surface area contributed by atoms with Gasteiger partial charge in [0, 0.05) is 42.5 Å². The highest BCUT2D eigenvalue weighted by Gasteiger charge is 2.29. The predicted molar refractivity (Wildman–Crippen MR) is 121 cm³/mol. The summed E-state index contributed by atoms with van der Waals surface area (Å²) in [6.07, 6.45) is 12.9. The normalized spacial score (nSPS) is 20.2.